The van der Waals surface area contributed by atoms with E-state index in [0.717, 1.165) is 10.6 Å². The van der Waals surface area contributed by atoms with Crippen molar-refractivity contribution in [3.05, 3.63) is 24.2 Å². The standard InChI is InChI=1S/C11H12ClF3N4O/c12-1-5-20-6-3-17-10-8-7-9(11(13,14)15)18-19(8)4-2-16-10/h2,4,7H,1,3,5-6H2,(H,16,17). The summed E-state index contributed by atoms with van der Waals surface area (Å²) in [6.45, 7) is 1.22. The van der Waals surface area contributed by atoms with Crippen molar-refractivity contribution in [2.45, 2.75) is 6.18 Å². The third-order valence-electron chi connectivity index (χ3n) is 2.44. The molecule has 0 aliphatic carbocycles. The Bertz CT molecular complexity index is 572. The number of nitrogens with zero attached hydrogens (tertiary/aromatic N) is 3. The number of alkyl halides is 4. The van der Waals surface area contributed by atoms with Gasteiger partial charge < -0.3 is 10.1 Å². The molecule has 0 fully saturated rings. The van der Waals surface area contributed by atoms with Gasteiger partial charge in [0.1, 0.15) is 5.52 Å². The van der Waals surface area contributed by atoms with Crippen LogP contribution in [-0.4, -0.2) is 40.2 Å². The summed E-state index contributed by atoms with van der Waals surface area (Å²) in [5, 5.41) is 6.37. The number of rotatable bonds is 6. The molecule has 2 aromatic heterocycles. The van der Waals surface area contributed by atoms with Gasteiger partial charge in [0.25, 0.3) is 0 Å². The molecule has 0 radical (unpaired) electrons. The maximum Gasteiger partial charge on any atom is 0.435 e. The van der Waals surface area contributed by atoms with Crippen molar-refractivity contribution in [2.24, 2.45) is 0 Å². The molecule has 0 saturated heterocycles. The van der Waals surface area contributed by atoms with E-state index in [0.29, 0.717) is 31.5 Å². The van der Waals surface area contributed by atoms with Crippen molar-refractivity contribution >= 4 is 22.9 Å². The number of nitrogens with one attached hydrogen (secondary N) is 1. The van der Waals surface area contributed by atoms with Crippen LogP contribution in [0.25, 0.3) is 5.52 Å². The molecule has 9 heteroatoms. The Kier molecular flexibility index (Phi) is 4.66. The van der Waals surface area contributed by atoms with E-state index >= 15 is 0 Å². The fourth-order valence-corrected chi connectivity index (χ4v) is 1.70. The second kappa shape index (κ2) is 6.27. The summed E-state index contributed by atoms with van der Waals surface area (Å²) in [5.41, 5.74) is -0.691. The highest BCUT2D eigenvalue weighted by molar-refractivity contribution is 6.17. The van der Waals surface area contributed by atoms with Crippen LogP contribution in [0.1, 0.15) is 5.69 Å². The second-order valence-electron chi connectivity index (χ2n) is 3.86. The summed E-state index contributed by atoms with van der Waals surface area (Å²) in [7, 11) is 0. The van der Waals surface area contributed by atoms with Crippen LogP contribution in [0.15, 0.2) is 18.5 Å². The van der Waals surface area contributed by atoms with E-state index in [1.807, 2.05) is 0 Å². The molecule has 0 bridgehead atoms. The van der Waals surface area contributed by atoms with Gasteiger partial charge in [-0.15, -0.1) is 11.6 Å². The lowest BCUT2D eigenvalue weighted by Gasteiger charge is -2.06. The first kappa shape index (κ1) is 14.9. The predicted molar refractivity (Wildman–Crippen MR) is 68.0 cm³/mol. The molecular weight excluding hydrogens is 297 g/mol. The largest absolute Gasteiger partial charge is 0.435 e. The van der Waals surface area contributed by atoms with Gasteiger partial charge in [-0.3, -0.25) is 0 Å². The van der Waals surface area contributed by atoms with Gasteiger partial charge in [-0.05, 0) is 0 Å². The molecule has 0 spiro atoms. The zero-order chi connectivity index (χ0) is 14.6. The molecule has 2 aromatic rings. The molecule has 2 rings (SSSR count). The minimum absolute atomic E-state index is 0.261. The van der Waals surface area contributed by atoms with Gasteiger partial charge in [-0.25, -0.2) is 9.50 Å². The summed E-state index contributed by atoms with van der Waals surface area (Å²) in [6.07, 6.45) is -1.74. The van der Waals surface area contributed by atoms with Gasteiger partial charge in [0.2, 0.25) is 0 Å². The number of anilines is 1. The third-order valence-corrected chi connectivity index (χ3v) is 2.59. The summed E-state index contributed by atoms with van der Waals surface area (Å²) in [5.74, 6) is 0.718. The van der Waals surface area contributed by atoms with E-state index in [2.05, 4.69) is 15.4 Å². The van der Waals surface area contributed by atoms with Gasteiger partial charge in [-0.1, -0.05) is 0 Å². The van der Waals surface area contributed by atoms with E-state index < -0.39 is 11.9 Å². The number of aromatic nitrogens is 3. The number of hydrogen-bond acceptors (Lipinski definition) is 4. The number of hydrogen-bond donors (Lipinski definition) is 1. The SMILES string of the molecule is FC(F)(F)c1cc2c(NCCOCCCl)nccn2n1. The number of ether oxygens (including phenoxy) is 1. The van der Waals surface area contributed by atoms with Crippen LogP contribution >= 0.6 is 11.6 Å². The van der Waals surface area contributed by atoms with Gasteiger partial charge >= 0.3 is 6.18 Å². The number of halogens is 4. The third kappa shape index (κ3) is 3.51. The van der Waals surface area contributed by atoms with E-state index in [1.54, 1.807) is 0 Å². The van der Waals surface area contributed by atoms with Crippen molar-refractivity contribution < 1.29 is 17.9 Å². The average molecular weight is 309 g/mol. The molecule has 0 aliphatic heterocycles. The molecule has 2 heterocycles. The monoisotopic (exact) mass is 308 g/mol. The average Bonchev–Trinajstić information content (AvgIpc) is 2.83. The fourth-order valence-electron chi connectivity index (χ4n) is 1.60. The van der Waals surface area contributed by atoms with Crippen LogP contribution in [0.4, 0.5) is 19.0 Å². The zero-order valence-electron chi connectivity index (χ0n) is 10.3. The highest BCUT2D eigenvalue weighted by Gasteiger charge is 2.34. The van der Waals surface area contributed by atoms with Crippen LogP contribution in [0.3, 0.4) is 0 Å². The van der Waals surface area contributed by atoms with Crippen molar-refractivity contribution in [3.8, 4) is 0 Å². The molecule has 0 unspecified atom stereocenters. The smallest absolute Gasteiger partial charge is 0.378 e. The fraction of sp³-hybridized carbons (Fsp3) is 0.455. The zero-order valence-corrected chi connectivity index (χ0v) is 11.1. The molecule has 1 N–H and O–H groups in total. The lowest BCUT2D eigenvalue weighted by atomic mass is 10.3. The van der Waals surface area contributed by atoms with Gasteiger partial charge in [0.05, 0.1) is 13.2 Å². The van der Waals surface area contributed by atoms with Crippen LogP contribution in [0.5, 0.6) is 0 Å². The van der Waals surface area contributed by atoms with Crippen LogP contribution < -0.4 is 5.32 Å². The van der Waals surface area contributed by atoms with Crippen molar-refractivity contribution in [1.29, 1.82) is 0 Å². The minimum Gasteiger partial charge on any atom is -0.378 e. The molecule has 20 heavy (non-hydrogen) atoms. The molecule has 110 valence electrons. The summed E-state index contributed by atoms with van der Waals surface area (Å²) in [4.78, 5) is 4.00. The molecule has 0 aromatic carbocycles. The summed E-state index contributed by atoms with van der Waals surface area (Å²) >= 11 is 5.45. The first-order chi connectivity index (χ1) is 9.52. The molecule has 0 amide bonds. The van der Waals surface area contributed by atoms with Crippen LogP contribution in [0, 0.1) is 0 Å². The molecule has 5 nitrogen and oxygen atoms in total. The topological polar surface area (TPSA) is 51.5 Å². The Balaban J connectivity index is 2.11. The normalized spacial score (nSPS) is 12.0. The first-order valence-electron chi connectivity index (χ1n) is 5.81. The van der Waals surface area contributed by atoms with Crippen molar-refractivity contribution in [2.75, 3.05) is 31.0 Å². The summed E-state index contributed by atoms with van der Waals surface area (Å²) < 4.78 is 44.1. The lowest BCUT2D eigenvalue weighted by molar-refractivity contribution is -0.141. The van der Waals surface area contributed by atoms with Crippen molar-refractivity contribution in [3.63, 3.8) is 0 Å². The highest BCUT2D eigenvalue weighted by atomic mass is 35.5. The van der Waals surface area contributed by atoms with Crippen LogP contribution in [0.2, 0.25) is 0 Å². The summed E-state index contributed by atoms with van der Waals surface area (Å²) in [6, 6.07) is 0.953. The van der Waals surface area contributed by atoms with Gasteiger partial charge in [-0.2, -0.15) is 18.3 Å². The Morgan fingerprint density at radius 1 is 1.35 bits per heavy atom. The maximum absolute atomic E-state index is 12.6. The Labute approximate surface area is 117 Å². The van der Waals surface area contributed by atoms with Gasteiger partial charge in [0, 0.05) is 30.9 Å². The van der Waals surface area contributed by atoms with E-state index in [9.17, 15) is 13.2 Å². The quantitative estimate of drug-likeness (QED) is 0.658. The second-order valence-corrected chi connectivity index (χ2v) is 4.24. The highest BCUT2D eigenvalue weighted by Crippen LogP contribution is 2.29. The Hall–Kier alpha value is -1.54. The van der Waals surface area contributed by atoms with E-state index in [4.69, 9.17) is 16.3 Å². The first-order valence-corrected chi connectivity index (χ1v) is 6.35. The maximum atomic E-state index is 12.6. The van der Waals surface area contributed by atoms with E-state index in [-0.39, 0.29) is 5.52 Å². The lowest BCUT2D eigenvalue weighted by Crippen LogP contribution is -2.12. The predicted octanol–water partition coefficient (Wildman–Crippen LogP) is 2.42. The Morgan fingerprint density at radius 2 is 2.15 bits per heavy atom. The van der Waals surface area contributed by atoms with E-state index in [1.165, 1.54) is 12.4 Å². The van der Waals surface area contributed by atoms with Gasteiger partial charge in [0.15, 0.2) is 11.5 Å². The molecule has 0 saturated carbocycles. The van der Waals surface area contributed by atoms with Crippen molar-refractivity contribution in [1.82, 2.24) is 14.6 Å². The van der Waals surface area contributed by atoms with Crippen LogP contribution in [-0.2, 0) is 10.9 Å². The number of fused-ring (bicyclic) bond motifs is 1. The molecule has 0 aliphatic rings. The minimum atomic E-state index is -4.48. The molecule has 0 atom stereocenters. The Morgan fingerprint density at radius 3 is 2.85 bits per heavy atom. The molecular formula is C11H12ClF3N4O.